The molecule has 0 bridgehead atoms. The highest BCUT2D eigenvalue weighted by Gasteiger charge is 2.30. The summed E-state index contributed by atoms with van der Waals surface area (Å²) in [6.07, 6.45) is 1.72. The number of carbonyl (C=O) groups is 1. The number of ketones is 1. The minimum atomic E-state index is 0.0420. The molecule has 3 aromatic rings. The van der Waals surface area contributed by atoms with E-state index in [1.54, 1.807) is 0 Å². The summed E-state index contributed by atoms with van der Waals surface area (Å²) < 4.78 is 5.52. The largest absolute Gasteiger partial charge is 0.337 e. The van der Waals surface area contributed by atoms with Crippen molar-refractivity contribution < 1.29 is 9.32 Å². The van der Waals surface area contributed by atoms with Crippen LogP contribution in [0.3, 0.4) is 0 Å². The van der Waals surface area contributed by atoms with Gasteiger partial charge in [-0.25, -0.2) is 0 Å². The lowest BCUT2D eigenvalue weighted by Gasteiger charge is -2.33. The fraction of sp³-hybridized carbons (Fsp3) is 0.348. The number of Topliss-reactive ketones (excluding diaryl/α,β-unsaturated/α-hetero) is 1. The van der Waals surface area contributed by atoms with Gasteiger partial charge in [-0.15, -0.1) is 0 Å². The van der Waals surface area contributed by atoms with E-state index in [4.69, 9.17) is 4.52 Å². The molecule has 0 radical (unpaired) electrons. The average molecular weight is 375 g/mol. The second kappa shape index (κ2) is 8.07. The van der Waals surface area contributed by atoms with E-state index in [0.29, 0.717) is 11.7 Å². The summed E-state index contributed by atoms with van der Waals surface area (Å²) in [5, 5.41) is 4.13. The molecule has 1 aliphatic rings. The standard InChI is InChI=1S/C23H25N3O2/c1-16-8-10-18(11-9-16)21(27)19-12-14-26(15-13-19)17(2)23-24-22(25-28-23)20-6-4-3-5-7-20/h3-11,17,19H,12-15H2,1-2H3. The molecule has 1 aromatic heterocycles. The molecule has 1 unspecified atom stereocenters. The van der Waals surface area contributed by atoms with Crippen LogP contribution in [0.25, 0.3) is 11.4 Å². The van der Waals surface area contributed by atoms with Crippen molar-refractivity contribution in [1.82, 2.24) is 15.0 Å². The number of hydrogen-bond acceptors (Lipinski definition) is 5. The number of likely N-dealkylation sites (tertiary alicyclic amines) is 1. The summed E-state index contributed by atoms with van der Waals surface area (Å²) in [6, 6.07) is 17.8. The highest BCUT2D eigenvalue weighted by Crippen LogP contribution is 2.28. The van der Waals surface area contributed by atoms with Crippen molar-refractivity contribution >= 4 is 5.78 Å². The van der Waals surface area contributed by atoms with Gasteiger partial charge in [0.15, 0.2) is 5.78 Å². The molecule has 1 atom stereocenters. The molecular weight excluding hydrogens is 350 g/mol. The number of benzene rings is 2. The predicted octanol–water partition coefficient (Wildman–Crippen LogP) is 4.70. The van der Waals surface area contributed by atoms with E-state index >= 15 is 0 Å². The average Bonchev–Trinajstić information content (AvgIpc) is 3.24. The third-order valence-corrected chi connectivity index (χ3v) is 5.62. The summed E-state index contributed by atoms with van der Waals surface area (Å²) in [5.41, 5.74) is 2.95. The molecule has 2 aromatic carbocycles. The van der Waals surface area contributed by atoms with Crippen molar-refractivity contribution in [3.63, 3.8) is 0 Å². The molecule has 1 aliphatic heterocycles. The highest BCUT2D eigenvalue weighted by molar-refractivity contribution is 5.97. The molecule has 0 spiro atoms. The Hall–Kier alpha value is -2.79. The lowest BCUT2D eigenvalue weighted by atomic mass is 9.88. The molecule has 28 heavy (non-hydrogen) atoms. The van der Waals surface area contributed by atoms with Crippen LogP contribution in [-0.2, 0) is 0 Å². The van der Waals surface area contributed by atoms with Crippen LogP contribution >= 0.6 is 0 Å². The Morgan fingerprint density at radius 1 is 1.07 bits per heavy atom. The van der Waals surface area contributed by atoms with Crippen LogP contribution in [0.1, 0.15) is 47.6 Å². The van der Waals surface area contributed by atoms with Gasteiger partial charge in [-0.1, -0.05) is 65.3 Å². The van der Waals surface area contributed by atoms with Crippen LogP contribution in [0.4, 0.5) is 0 Å². The number of hydrogen-bond donors (Lipinski definition) is 0. The van der Waals surface area contributed by atoms with Crippen molar-refractivity contribution in [3.8, 4) is 11.4 Å². The molecule has 1 saturated heterocycles. The first kappa shape index (κ1) is 18.6. The Kier molecular flexibility index (Phi) is 5.35. The van der Waals surface area contributed by atoms with Crippen molar-refractivity contribution in [1.29, 1.82) is 0 Å². The van der Waals surface area contributed by atoms with Gasteiger partial charge < -0.3 is 4.52 Å². The summed E-state index contributed by atoms with van der Waals surface area (Å²) in [4.78, 5) is 19.7. The molecule has 0 saturated carbocycles. The lowest BCUT2D eigenvalue weighted by Crippen LogP contribution is -2.38. The summed E-state index contributed by atoms with van der Waals surface area (Å²) >= 11 is 0. The van der Waals surface area contributed by atoms with Gasteiger partial charge >= 0.3 is 0 Å². The summed E-state index contributed by atoms with van der Waals surface area (Å²) in [6.45, 7) is 5.83. The zero-order valence-corrected chi connectivity index (χ0v) is 16.3. The molecule has 5 nitrogen and oxygen atoms in total. The van der Waals surface area contributed by atoms with Gasteiger partial charge in [-0.05, 0) is 39.8 Å². The second-order valence-corrected chi connectivity index (χ2v) is 7.54. The Balaban J connectivity index is 1.38. The van der Waals surface area contributed by atoms with Gasteiger partial charge in [0, 0.05) is 17.0 Å². The zero-order valence-electron chi connectivity index (χ0n) is 16.3. The van der Waals surface area contributed by atoms with Crippen molar-refractivity contribution in [2.24, 2.45) is 5.92 Å². The molecule has 4 rings (SSSR count). The molecule has 2 heterocycles. The number of carbonyl (C=O) groups excluding carboxylic acids is 1. The van der Waals surface area contributed by atoms with Crippen LogP contribution < -0.4 is 0 Å². The SMILES string of the molecule is Cc1ccc(C(=O)C2CCN(C(C)c3nc(-c4ccccc4)no3)CC2)cc1. The van der Waals surface area contributed by atoms with Gasteiger partial charge in [0.05, 0.1) is 6.04 Å². The number of rotatable bonds is 5. The van der Waals surface area contributed by atoms with Gasteiger partial charge in [0.2, 0.25) is 11.7 Å². The van der Waals surface area contributed by atoms with Gasteiger partial charge in [-0.2, -0.15) is 4.98 Å². The van der Waals surface area contributed by atoms with Crippen molar-refractivity contribution in [3.05, 3.63) is 71.6 Å². The Labute approximate surface area is 165 Å². The molecule has 5 heteroatoms. The highest BCUT2D eigenvalue weighted by atomic mass is 16.5. The molecule has 0 amide bonds. The maximum absolute atomic E-state index is 12.8. The second-order valence-electron chi connectivity index (χ2n) is 7.54. The maximum Gasteiger partial charge on any atom is 0.244 e. The minimum absolute atomic E-state index is 0.0420. The van der Waals surface area contributed by atoms with E-state index in [2.05, 4.69) is 22.0 Å². The Morgan fingerprint density at radius 3 is 2.43 bits per heavy atom. The molecule has 0 N–H and O–H groups in total. The van der Waals surface area contributed by atoms with Crippen molar-refractivity contribution in [2.75, 3.05) is 13.1 Å². The Morgan fingerprint density at radius 2 is 1.75 bits per heavy atom. The third kappa shape index (κ3) is 3.90. The van der Waals surface area contributed by atoms with Crippen LogP contribution in [0.5, 0.6) is 0 Å². The predicted molar refractivity (Wildman–Crippen MR) is 108 cm³/mol. The van der Waals surface area contributed by atoms with Crippen LogP contribution in [0, 0.1) is 12.8 Å². The van der Waals surface area contributed by atoms with Crippen LogP contribution in [0.15, 0.2) is 59.1 Å². The third-order valence-electron chi connectivity index (χ3n) is 5.62. The van der Waals surface area contributed by atoms with Gasteiger partial charge in [0.1, 0.15) is 0 Å². The van der Waals surface area contributed by atoms with E-state index in [0.717, 1.165) is 37.1 Å². The molecular formula is C23H25N3O2. The van der Waals surface area contributed by atoms with Gasteiger partial charge in [-0.3, -0.25) is 9.69 Å². The minimum Gasteiger partial charge on any atom is -0.337 e. The van der Waals surface area contributed by atoms with E-state index in [1.807, 2.05) is 61.5 Å². The first-order valence-electron chi connectivity index (χ1n) is 9.86. The quantitative estimate of drug-likeness (QED) is 0.605. The van der Waals surface area contributed by atoms with Crippen LogP contribution in [-0.4, -0.2) is 33.9 Å². The van der Waals surface area contributed by atoms with E-state index in [9.17, 15) is 4.79 Å². The number of aryl methyl sites for hydroxylation is 1. The molecule has 0 aliphatic carbocycles. The molecule has 1 fully saturated rings. The Bertz CT molecular complexity index is 926. The monoisotopic (exact) mass is 375 g/mol. The number of aromatic nitrogens is 2. The summed E-state index contributed by atoms with van der Waals surface area (Å²) in [5.74, 6) is 1.60. The zero-order chi connectivity index (χ0) is 19.5. The fourth-order valence-corrected chi connectivity index (χ4v) is 3.77. The smallest absolute Gasteiger partial charge is 0.244 e. The van der Waals surface area contributed by atoms with Crippen molar-refractivity contribution in [2.45, 2.75) is 32.7 Å². The normalized spacial score (nSPS) is 16.8. The first-order valence-corrected chi connectivity index (χ1v) is 9.86. The summed E-state index contributed by atoms with van der Waals surface area (Å²) in [7, 11) is 0. The fourth-order valence-electron chi connectivity index (χ4n) is 3.77. The number of nitrogens with zero attached hydrogens (tertiary/aromatic N) is 3. The number of piperidine rings is 1. The van der Waals surface area contributed by atoms with E-state index < -0.39 is 0 Å². The topological polar surface area (TPSA) is 59.2 Å². The first-order chi connectivity index (χ1) is 13.6. The van der Waals surface area contributed by atoms with Crippen LogP contribution in [0.2, 0.25) is 0 Å². The molecule has 144 valence electrons. The maximum atomic E-state index is 12.8. The lowest BCUT2D eigenvalue weighted by molar-refractivity contribution is 0.0774. The van der Waals surface area contributed by atoms with E-state index in [1.165, 1.54) is 5.56 Å². The van der Waals surface area contributed by atoms with Gasteiger partial charge in [0.25, 0.3) is 0 Å². The van der Waals surface area contributed by atoms with E-state index in [-0.39, 0.29) is 17.7 Å².